The Balaban J connectivity index is 1.97. The van der Waals surface area contributed by atoms with Crippen LogP contribution in [-0.2, 0) is 0 Å². The number of nitrogens with zero attached hydrogens (tertiary/aromatic N) is 1. The van der Waals surface area contributed by atoms with Gasteiger partial charge in [0, 0.05) is 39.3 Å². The summed E-state index contributed by atoms with van der Waals surface area (Å²) in [6.07, 6.45) is -4.09. The molecule has 0 spiro atoms. The van der Waals surface area contributed by atoms with Crippen LogP contribution in [0.3, 0.4) is 0 Å². The lowest BCUT2D eigenvalue weighted by atomic mass is 10.3. The zero-order valence-electron chi connectivity index (χ0n) is 8.03. The fraction of sp³-hybridized carbons (Fsp3) is 1.00. The number of alkyl halides is 3. The van der Waals surface area contributed by atoms with Crippen LogP contribution in [-0.4, -0.2) is 56.9 Å². The SMILES string of the molecule is FC(F)(F)CNCCN1CCNCC1. The Morgan fingerprint density at radius 3 is 2.43 bits per heavy atom. The summed E-state index contributed by atoms with van der Waals surface area (Å²) in [5, 5.41) is 5.57. The van der Waals surface area contributed by atoms with Crippen molar-refractivity contribution in [1.82, 2.24) is 15.5 Å². The van der Waals surface area contributed by atoms with Gasteiger partial charge in [0.1, 0.15) is 0 Å². The van der Waals surface area contributed by atoms with E-state index >= 15 is 0 Å². The van der Waals surface area contributed by atoms with E-state index in [0.29, 0.717) is 13.1 Å². The minimum absolute atomic E-state index is 0.402. The van der Waals surface area contributed by atoms with Gasteiger partial charge in [0.2, 0.25) is 0 Å². The Morgan fingerprint density at radius 2 is 1.86 bits per heavy atom. The van der Waals surface area contributed by atoms with Crippen molar-refractivity contribution in [3.63, 3.8) is 0 Å². The minimum atomic E-state index is -4.09. The number of halogens is 3. The Hall–Kier alpha value is -0.330. The summed E-state index contributed by atoms with van der Waals surface area (Å²) in [5.74, 6) is 0. The summed E-state index contributed by atoms with van der Waals surface area (Å²) in [7, 11) is 0. The molecule has 0 aliphatic carbocycles. The molecule has 6 heteroatoms. The lowest BCUT2D eigenvalue weighted by Gasteiger charge is -2.27. The third-order valence-corrected chi connectivity index (χ3v) is 2.14. The molecule has 0 aromatic carbocycles. The van der Waals surface area contributed by atoms with Crippen LogP contribution < -0.4 is 10.6 Å². The second kappa shape index (κ2) is 5.53. The fourth-order valence-corrected chi connectivity index (χ4v) is 1.40. The zero-order chi connectivity index (χ0) is 10.4. The summed E-state index contributed by atoms with van der Waals surface area (Å²) in [6, 6.07) is 0. The predicted octanol–water partition coefficient (Wildman–Crippen LogP) is 0.0435. The van der Waals surface area contributed by atoms with Gasteiger partial charge in [-0.1, -0.05) is 0 Å². The van der Waals surface area contributed by atoms with E-state index in [1.54, 1.807) is 0 Å². The highest BCUT2D eigenvalue weighted by Gasteiger charge is 2.26. The van der Waals surface area contributed by atoms with Crippen LogP contribution in [0, 0.1) is 0 Å². The average molecular weight is 211 g/mol. The van der Waals surface area contributed by atoms with Gasteiger partial charge in [-0.25, -0.2) is 0 Å². The summed E-state index contributed by atoms with van der Waals surface area (Å²) in [6.45, 7) is 3.91. The number of piperazine rings is 1. The second-order valence-corrected chi connectivity index (χ2v) is 3.38. The topological polar surface area (TPSA) is 27.3 Å². The van der Waals surface area contributed by atoms with Gasteiger partial charge < -0.3 is 10.6 Å². The molecule has 2 N–H and O–H groups in total. The van der Waals surface area contributed by atoms with Gasteiger partial charge in [-0.2, -0.15) is 13.2 Å². The van der Waals surface area contributed by atoms with E-state index in [2.05, 4.69) is 15.5 Å². The molecule has 1 fully saturated rings. The van der Waals surface area contributed by atoms with Crippen molar-refractivity contribution in [2.45, 2.75) is 6.18 Å². The highest BCUT2D eigenvalue weighted by molar-refractivity contribution is 4.68. The third kappa shape index (κ3) is 5.41. The van der Waals surface area contributed by atoms with Gasteiger partial charge in [0.25, 0.3) is 0 Å². The number of rotatable bonds is 4. The maximum absolute atomic E-state index is 11.7. The van der Waals surface area contributed by atoms with E-state index in [1.165, 1.54) is 0 Å². The molecule has 1 saturated heterocycles. The molecule has 84 valence electrons. The van der Waals surface area contributed by atoms with Crippen LogP contribution >= 0.6 is 0 Å². The fourth-order valence-electron chi connectivity index (χ4n) is 1.40. The number of nitrogens with one attached hydrogen (secondary N) is 2. The molecule has 1 rings (SSSR count). The van der Waals surface area contributed by atoms with Crippen LogP contribution in [0.1, 0.15) is 0 Å². The molecule has 0 bridgehead atoms. The van der Waals surface area contributed by atoms with Crippen LogP contribution in [0.2, 0.25) is 0 Å². The molecule has 0 amide bonds. The van der Waals surface area contributed by atoms with Gasteiger partial charge in [0.05, 0.1) is 6.54 Å². The molecular weight excluding hydrogens is 195 g/mol. The largest absolute Gasteiger partial charge is 0.401 e. The summed E-state index contributed by atoms with van der Waals surface area (Å²) < 4.78 is 35.2. The average Bonchev–Trinajstić information content (AvgIpc) is 2.13. The molecule has 1 aliphatic heterocycles. The summed E-state index contributed by atoms with van der Waals surface area (Å²) in [4.78, 5) is 2.15. The molecule has 0 unspecified atom stereocenters. The van der Waals surface area contributed by atoms with Gasteiger partial charge in [-0.3, -0.25) is 4.90 Å². The van der Waals surface area contributed by atoms with Crippen molar-refractivity contribution in [3.8, 4) is 0 Å². The van der Waals surface area contributed by atoms with Crippen molar-refractivity contribution in [1.29, 1.82) is 0 Å². The van der Waals surface area contributed by atoms with Gasteiger partial charge in [0.15, 0.2) is 0 Å². The molecule has 0 saturated carbocycles. The number of hydrogen-bond acceptors (Lipinski definition) is 3. The van der Waals surface area contributed by atoms with Crippen molar-refractivity contribution in [3.05, 3.63) is 0 Å². The smallest absolute Gasteiger partial charge is 0.314 e. The molecule has 14 heavy (non-hydrogen) atoms. The maximum Gasteiger partial charge on any atom is 0.401 e. The van der Waals surface area contributed by atoms with Crippen LogP contribution in [0.5, 0.6) is 0 Å². The van der Waals surface area contributed by atoms with Crippen molar-refractivity contribution < 1.29 is 13.2 Å². The van der Waals surface area contributed by atoms with Crippen LogP contribution in [0.15, 0.2) is 0 Å². The Bertz CT molecular complexity index is 154. The van der Waals surface area contributed by atoms with E-state index in [-0.39, 0.29) is 0 Å². The van der Waals surface area contributed by atoms with E-state index in [4.69, 9.17) is 0 Å². The first kappa shape index (κ1) is 11.7. The highest BCUT2D eigenvalue weighted by atomic mass is 19.4. The molecular formula is C8H16F3N3. The molecule has 0 aromatic heterocycles. The van der Waals surface area contributed by atoms with Gasteiger partial charge in [-0.05, 0) is 0 Å². The van der Waals surface area contributed by atoms with E-state index in [9.17, 15) is 13.2 Å². The van der Waals surface area contributed by atoms with E-state index in [1.807, 2.05) is 0 Å². The monoisotopic (exact) mass is 211 g/mol. The quantitative estimate of drug-likeness (QED) is 0.643. The van der Waals surface area contributed by atoms with Crippen molar-refractivity contribution >= 4 is 0 Å². The summed E-state index contributed by atoms with van der Waals surface area (Å²) in [5.41, 5.74) is 0. The first-order valence-electron chi connectivity index (χ1n) is 4.78. The van der Waals surface area contributed by atoms with Crippen LogP contribution in [0.25, 0.3) is 0 Å². The van der Waals surface area contributed by atoms with E-state index in [0.717, 1.165) is 26.2 Å². The summed E-state index contributed by atoms with van der Waals surface area (Å²) >= 11 is 0. The second-order valence-electron chi connectivity index (χ2n) is 3.38. The Morgan fingerprint density at radius 1 is 1.21 bits per heavy atom. The first-order valence-corrected chi connectivity index (χ1v) is 4.78. The van der Waals surface area contributed by atoms with Gasteiger partial charge in [-0.15, -0.1) is 0 Å². The van der Waals surface area contributed by atoms with Crippen LogP contribution in [0.4, 0.5) is 13.2 Å². The molecule has 3 nitrogen and oxygen atoms in total. The minimum Gasteiger partial charge on any atom is -0.314 e. The predicted molar refractivity (Wildman–Crippen MR) is 48.2 cm³/mol. The zero-order valence-corrected chi connectivity index (χ0v) is 8.03. The van der Waals surface area contributed by atoms with Gasteiger partial charge >= 0.3 is 6.18 Å². The molecule has 1 aliphatic rings. The lowest BCUT2D eigenvalue weighted by Crippen LogP contribution is -2.46. The molecule has 0 radical (unpaired) electrons. The Labute approximate surface area is 81.6 Å². The maximum atomic E-state index is 11.7. The molecule has 1 heterocycles. The lowest BCUT2D eigenvalue weighted by molar-refractivity contribution is -0.124. The van der Waals surface area contributed by atoms with Crippen molar-refractivity contribution in [2.75, 3.05) is 45.8 Å². The van der Waals surface area contributed by atoms with E-state index < -0.39 is 12.7 Å². The standard InChI is InChI=1S/C8H16F3N3/c9-8(10,11)7-13-3-6-14-4-1-12-2-5-14/h12-13H,1-7H2. The third-order valence-electron chi connectivity index (χ3n) is 2.14. The number of hydrogen-bond donors (Lipinski definition) is 2. The highest BCUT2D eigenvalue weighted by Crippen LogP contribution is 2.11. The van der Waals surface area contributed by atoms with Crippen molar-refractivity contribution in [2.24, 2.45) is 0 Å². The normalized spacial score (nSPS) is 19.9. The molecule has 0 aromatic rings. The first-order chi connectivity index (χ1) is 6.58. The Kier molecular flexibility index (Phi) is 4.64. The molecule has 0 atom stereocenters.